The van der Waals surface area contributed by atoms with Crippen molar-refractivity contribution in [1.82, 2.24) is 0 Å². The van der Waals surface area contributed by atoms with Crippen molar-refractivity contribution in [2.24, 2.45) is 0 Å². The Morgan fingerprint density at radius 2 is 1.38 bits per heavy atom. The molecule has 0 spiro atoms. The number of Topliss-reactive ketones (excluding diaryl/α,β-unsaturated/α-hetero) is 1. The van der Waals surface area contributed by atoms with Crippen LogP contribution in [-0.2, 0) is 0 Å². The van der Waals surface area contributed by atoms with Crippen molar-refractivity contribution in [3.05, 3.63) is 162 Å². The zero-order valence-electron chi connectivity index (χ0n) is 23.6. The van der Waals surface area contributed by atoms with E-state index in [-0.39, 0.29) is 5.78 Å². The molecular weight excluding hydrogens is 486 g/mol. The van der Waals surface area contributed by atoms with Gasteiger partial charge in [0.05, 0.1) is 0 Å². The van der Waals surface area contributed by atoms with E-state index in [1.807, 2.05) is 44.2 Å². The highest BCUT2D eigenvalue weighted by Crippen LogP contribution is 2.33. The summed E-state index contributed by atoms with van der Waals surface area (Å²) in [6.45, 7) is 21.6. The summed E-state index contributed by atoms with van der Waals surface area (Å²) in [6.07, 6.45) is 11.1. The highest BCUT2D eigenvalue weighted by Gasteiger charge is 2.15. The first-order chi connectivity index (χ1) is 19.3. The fourth-order valence-electron chi connectivity index (χ4n) is 4.85. The summed E-state index contributed by atoms with van der Waals surface area (Å²) < 4.78 is 0. The Balaban J connectivity index is 1.70. The lowest BCUT2D eigenvalue weighted by atomic mass is 9.93. The molecule has 0 aliphatic rings. The molecule has 0 N–H and O–H groups in total. The number of carbonyl (C=O) groups is 1. The lowest BCUT2D eigenvalue weighted by Gasteiger charge is -2.26. The third kappa shape index (κ3) is 5.87. The van der Waals surface area contributed by atoms with Crippen LogP contribution >= 0.6 is 0 Å². The lowest BCUT2D eigenvalue weighted by molar-refractivity contribution is 0.103. The van der Waals surface area contributed by atoms with Crippen molar-refractivity contribution < 1.29 is 4.79 Å². The number of hydrogen-bond acceptors (Lipinski definition) is 2. The molecule has 0 aliphatic carbocycles. The number of benzene rings is 4. The largest absolute Gasteiger partial charge is 0.311 e. The molecule has 0 aliphatic heterocycles. The first-order valence-electron chi connectivity index (χ1n) is 13.3. The average molecular weight is 522 g/mol. The summed E-state index contributed by atoms with van der Waals surface area (Å²) in [7, 11) is 0. The quantitative estimate of drug-likeness (QED) is 0.117. The highest BCUT2D eigenvalue weighted by molar-refractivity contribution is 6.12. The van der Waals surface area contributed by atoms with Crippen molar-refractivity contribution in [3.63, 3.8) is 0 Å². The molecule has 0 atom stereocenters. The van der Waals surface area contributed by atoms with Gasteiger partial charge < -0.3 is 4.90 Å². The van der Waals surface area contributed by atoms with Crippen LogP contribution in [0.5, 0.6) is 0 Å². The van der Waals surface area contributed by atoms with Gasteiger partial charge >= 0.3 is 0 Å². The van der Waals surface area contributed by atoms with Gasteiger partial charge in [-0.1, -0.05) is 86.5 Å². The van der Waals surface area contributed by atoms with E-state index in [9.17, 15) is 4.79 Å². The summed E-state index contributed by atoms with van der Waals surface area (Å²) in [6, 6.07) is 25.0. The van der Waals surface area contributed by atoms with E-state index < -0.39 is 0 Å². The molecule has 4 rings (SSSR count). The second-order valence-electron chi connectivity index (χ2n) is 9.85. The number of allylic oxidation sites excluding steroid dienone is 4. The van der Waals surface area contributed by atoms with Gasteiger partial charge in [-0.2, -0.15) is 0 Å². The zero-order chi connectivity index (χ0) is 28.8. The maximum Gasteiger partial charge on any atom is 0.189 e. The number of anilines is 2. The fourth-order valence-corrected chi connectivity index (χ4v) is 4.85. The smallest absolute Gasteiger partial charge is 0.189 e. The maximum atomic E-state index is 13.4. The molecule has 0 heterocycles. The van der Waals surface area contributed by atoms with E-state index in [4.69, 9.17) is 0 Å². The van der Waals surface area contributed by atoms with Crippen LogP contribution in [0.3, 0.4) is 0 Å². The predicted molar refractivity (Wildman–Crippen MR) is 175 cm³/mol. The average Bonchev–Trinajstić information content (AvgIpc) is 2.97. The third-order valence-corrected chi connectivity index (χ3v) is 7.01. The first-order valence-corrected chi connectivity index (χ1v) is 13.3. The molecule has 0 saturated heterocycles. The predicted octanol–water partition coefficient (Wildman–Crippen LogP) is 10.4. The zero-order valence-corrected chi connectivity index (χ0v) is 23.6. The molecule has 0 fully saturated rings. The van der Waals surface area contributed by atoms with E-state index in [1.54, 1.807) is 18.2 Å². The molecule has 2 heteroatoms. The van der Waals surface area contributed by atoms with Crippen molar-refractivity contribution in [1.29, 1.82) is 0 Å². The van der Waals surface area contributed by atoms with Crippen LogP contribution in [0.1, 0.15) is 45.1 Å². The Morgan fingerprint density at radius 3 is 2.02 bits per heavy atom. The molecule has 40 heavy (non-hydrogen) atoms. The molecular formula is C38H35NO. The van der Waals surface area contributed by atoms with Crippen molar-refractivity contribution in [3.8, 4) is 0 Å². The topological polar surface area (TPSA) is 20.3 Å². The first kappa shape index (κ1) is 28.1. The maximum absolute atomic E-state index is 13.4. The summed E-state index contributed by atoms with van der Waals surface area (Å²) >= 11 is 0. The van der Waals surface area contributed by atoms with Crippen molar-refractivity contribution in [2.75, 3.05) is 4.90 Å². The van der Waals surface area contributed by atoms with Crippen LogP contribution in [0.4, 0.5) is 11.4 Å². The van der Waals surface area contributed by atoms with E-state index in [0.717, 1.165) is 50.1 Å². The molecule has 4 aromatic rings. The van der Waals surface area contributed by atoms with Gasteiger partial charge in [0.1, 0.15) is 0 Å². The Labute approximate surface area is 238 Å². The number of hydrogen-bond donors (Lipinski definition) is 0. The molecule has 4 aromatic carbocycles. The van der Waals surface area contributed by atoms with Crippen LogP contribution in [-0.4, -0.2) is 5.78 Å². The summed E-state index contributed by atoms with van der Waals surface area (Å²) in [5, 5.41) is 2.19. The van der Waals surface area contributed by atoms with Crippen LogP contribution in [0.25, 0.3) is 29.0 Å². The van der Waals surface area contributed by atoms with Gasteiger partial charge in [-0.15, -0.1) is 0 Å². The van der Waals surface area contributed by atoms with Gasteiger partial charge in [0, 0.05) is 22.6 Å². The number of fused-ring (bicyclic) bond motifs is 1. The molecule has 0 amide bonds. The van der Waals surface area contributed by atoms with Crippen LogP contribution in [0.15, 0.2) is 129 Å². The standard InChI is InChI=1S/C38H35NO/c1-8-12-34(11-4)39(35-18-13-26(5)14-19-35)36-20-17-32-23-29(15-16-33(32)24-36)21-28(7)38(40)37-25-31(10-3)30(9-2)22-27(37)6/h8-25H,1-4H2,5-7H3/b28-21?,34-12+. The molecule has 0 unspecified atom stereocenters. The second-order valence-corrected chi connectivity index (χ2v) is 9.85. The highest BCUT2D eigenvalue weighted by atomic mass is 16.1. The van der Waals surface area contributed by atoms with E-state index >= 15 is 0 Å². The Hall–Kier alpha value is -4.95. The number of ketones is 1. The molecule has 0 aromatic heterocycles. The summed E-state index contributed by atoms with van der Waals surface area (Å²) in [5.41, 5.74) is 9.34. The van der Waals surface area contributed by atoms with Gasteiger partial charge in [-0.05, 0) is 114 Å². The number of rotatable bonds is 10. The van der Waals surface area contributed by atoms with Crippen molar-refractivity contribution in [2.45, 2.75) is 20.8 Å². The van der Waals surface area contributed by atoms with Gasteiger partial charge in [0.15, 0.2) is 5.78 Å². The lowest BCUT2D eigenvalue weighted by Crippen LogP contribution is -2.15. The van der Waals surface area contributed by atoms with Crippen molar-refractivity contribution >= 4 is 46.2 Å². The van der Waals surface area contributed by atoms with Gasteiger partial charge in [0.2, 0.25) is 0 Å². The number of aryl methyl sites for hydroxylation is 2. The summed E-state index contributed by atoms with van der Waals surface area (Å²) in [4.78, 5) is 15.5. The minimum Gasteiger partial charge on any atom is -0.311 e. The Morgan fingerprint density at radius 1 is 0.750 bits per heavy atom. The van der Waals surface area contributed by atoms with Gasteiger partial charge in [-0.3, -0.25) is 4.79 Å². The molecule has 0 saturated carbocycles. The normalized spacial score (nSPS) is 11.7. The monoisotopic (exact) mass is 521 g/mol. The minimum atomic E-state index is 0.00589. The fraction of sp³-hybridized carbons (Fsp3) is 0.0789. The van der Waals surface area contributed by atoms with Gasteiger partial charge in [0.25, 0.3) is 0 Å². The van der Waals surface area contributed by atoms with Crippen LogP contribution < -0.4 is 4.90 Å². The molecule has 198 valence electrons. The second kappa shape index (κ2) is 12.3. The molecule has 0 bridgehead atoms. The van der Waals surface area contributed by atoms with Crippen LogP contribution in [0.2, 0.25) is 0 Å². The van der Waals surface area contributed by atoms with E-state index in [1.165, 1.54) is 5.56 Å². The number of carbonyl (C=O) groups excluding carboxylic acids is 1. The number of nitrogens with zero attached hydrogens (tertiary/aromatic N) is 1. The molecule has 2 nitrogen and oxygen atoms in total. The summed E-state index contributed by atoms with van der Waals surface area (Å²) in [5.74, 6) is 0.00589. The van der Waals surface area contributed by atoms with Gasteiger partial charge in [-0.25, -0.2) is 0 Å². The SMILES string of the molecule is C=C/C=C(\C=C)N(c1ccc(C)cc1)c1ccc2cc(C=C(C)C(=O)c3cc(C=C)c(C=C)cc3C)ccc2c1. The van der Waals surface area contributed by atoms with E-state index in [0.29, 0.717) is 11.1 Å². The third-order valence-electron chi connectivity index (χ3n) is 7.01. The molecule has 0 radical (unpaired) electrons. The van der Waals surface area contributed by atoms with Crippen LogP contribution in [0, 0.1) is 13.8 Å². The minimum absolute atomic E-state index is 0.00589. The van der Waals surface area contributed by atoms with E-state index in [2.05, 4.69) is 98.8 Å². The Bertz CT molecular complexity index is 1700. The Kier molecular flexibility index (Phi) is 8.61.